The number of primary amides is 1. The van der Waals surface area contributed by atoms with E-state index in [1.807, 2.05) is 0 Å². The van der Waals surface area contributed by atoms with E-state index >= 15 is 0 Å². The van der Waals surface area contributed by atoms with Gasteiger partial charge < -0.3 is 29.8 Å². The summed E-state index contributed by atoms with van der Waals surface area (Å²) in [6.07, 6.45) is -1.63. The summed E-state index contributed by atoms with van der Waals surface area (Å²) in [5, 5.41) is 3.04. The first-order valence-electron chi connectivity index (χ1n) is 10.2. The molecule has 1 amide bonds. The average molecular weight is 463 g/mol. The molecule has 2 aliphatic heterocycles. The lowest BCUT2D eigenvalue weighted by Gasteiger charge is -2.22. The molecule has 1 saturated heterocycles. The summed E-state index contributed by atoms with van der Waals surface area (Å²) in [4.78, 5) is 28.6. The van der Waals surface area contributed by atoms with Gasteiger partial charge in [-0.25, -0.2) is 18.6 Å². The van der Waals surface area contributed by atoms with Crippen LogP contribution < -0.4 is 20.7 Å². The Hall–Kier alpha value is -3.63. The average Bonchev–Trinajstić information content (AvgIpc) is 3.37. The molecule has 0 aliphatic carbocycles. The third-order valence-corrected chi connectivity index (χ3v) is 5.61. The second kappa shape index (κ2) is 9.08. The minimum atomic E-state index is -2.74. The molecule has 176 valence electrons. The van der Waals surface area contributed by atoms with Crippen LogP contribution >= 0.6 is 0 Å². The summed E-state index contributed by atoms with van der Waals surface area (Å²) in [7, 11) is 1.48. The molecule has 2 aromatic rings. The molecule has 0 bridgehead atoms. The van der Waals surface area contributed by atoms with E-state index in [2.05, 4.69) is 10.3 Å². The van der Waals surface area contributed by atoms with E-state index in [1.54, 1.807) is 41.8 Å². The number of benzene rings is 1. The molecule has 1 aromatic heterocycles. The summed E-state index contributed by atoms with van der Waals surface area (Å²) in [6.45, 7) is 2.08. The van der Waals surface area contributed by atoms with Gasteiger partial charge in [0, 0.05) is 25.1 Å². The maximum Gasteiger partial charge on any atom is 0.284 e. The number of halogens is 2. The second-order valence-electron chi connectivity index (χ2n) is 7.63. The van der Waals surface area contributed by atoms with Gasteiger partial charge in [0.15, 0.2) is 11.8 Å². The molecule has 0 saturated carbocycles. The zero-order chi connectivity index (χ0) is 23.7. The molecular weight excluding hydrogens is 440 g/mol. The van der Waals surface area contributed by atoms with Crippen molar-refractivity contribution in [3.63, 3.8) is 0 Å². The number of rotatable bonds is 7. The van der Waals surface area contributed by atoms with Crippen molar-refractivity contribution in [2.24, 2.45) is 5.73 Å². The smallest absolute Gasteiger partial charge is 0.284 e. The summed E-state index contributed by atoms with van der Waals surface area (Å²) < 4.78 is 44.9. The molecule has 33 heavy (non-hydrogen) atoms. The fourth-order valence-electron chi connectivity index (χ4n) is 3.81. The molecule has 10 nitrogen and oxygen atoms in total. The van der Waals surface area contributed by atoms with Gasteiger partial charge in [-0.05, 0) is 19.1 Å². The predicted molar refractivity (Wildman–Crippen MR) is 114 cm³/mol. The number of alkyl halides is 2. The zero-order valence-electron chi connectivity index (χ0n) is 18.0. The lowest BCUT2D eigenvalue weighted by atomic mass is 10.1. The molecule has 2 aliphatic rings. The van der Waals surface area contributed by atoms with E-state index in [9.17, 15) is 18.4 Å². The third-order valence-electron chi connectivity index (χ3n) is 5.61. The van der Waals surface area contributed by atoms with Crippen LogP contribution in [0, 0.1) is 0 Å². The summed E-state index contributed by atoms with van der Waals surface area (Å²) in [5.41, 5.74) is 6.68. The highest BCUT2D eigenvalue weighted by atomic mass is 19.3. The Balaban J connectivity index is 1.68. The molecule has 12 heteroatoms. The number of nitrogens with two attached hydrogens (primary N) is 1. The first-order chi connectivity index (χ1) is 15.8. The van der Waals surface area contributed by atoms with Gasteiger partial charge in [0.25, 0.3) is 12.3 Å². The Morgan fingerprint density at radius 2 is 2.18 bits per heavy atom. The van der Waals surface area contributed by atoms with Crippen LogP contribution in [0.25, 0.3) is 11.4 Å². The zero-order valence-corrected chi connectivity index (χ0v) is 18.0. The lowest BCUT2D eigenvalue weighted by molar-refractivity contribution is -0.121. The van der Waals surface area contributed by atoms with Crippen molar-refractivity contribution in [1.82, 2.24) is 9.55 Å². The van der Waals surface area contributed by atoms with Crippen LogP contribution in [0.1, 0.15) is 6.92 Å². The van der Waals surface area contributed by atoms with Gasteiger partial charge in [-0.15, -0.1) is 0 Å². The number of anilines is 2. The highest BCUT2D eigenvalue weighted by Gasteiger charge is 2.40. The minimum absolute atomic E-state index is 0.156. The normalized spacial score (nSPS) is 19.0. The summed E-state index contributed by atoms with van der Waals surface area (Å²) in [6, 6.07) is 3.07. The maximum atomic E-state index is 13.5. The Morgan fingerprint density at radius 3 is 2.85 bits per heavy atom. The molecule has 1 aromatic carbocycles. The maximum absolute atomic E-state index is 13.5. The summed E-state index contributed by atoms with van der Waals surface area (Å²) >= 11 is 0. The largest absolute Gasteiger partial charge is 0.491 e. The number of carbonyl (C=O) groups excluding carboxylic acids is 2. The predicted octanol–water partition coefficient (Wildman–Crippen LogP) is 1.39. The Bertz CT molecular complexity index is 1100. The number of fused-ring (bicyclic) bond motifs is 3. The van der Waals surface area contributed by atoms with Crippen LogP contribution in [0.3, 0.4) is 0 Å². The van der Waals surface area contributed by atoms with Crippen LogP contribution in [0.4, 0.5) is 20.3 Å². The van der Waals surface area contributed by atoms with Gasteiger partial charge in [-0.2, -0.15) is 0 Å². The third kappa shape index (κ3) is 4.22. The summed E-state index contributed by atoms with van der Waals surface area (Å²) in [5.74, 6) is 1.79. The van der Waals surface area contributed by atoms with Crippen molar-refractivity contribution in [3.05, 3.63) is 30.3 Å². The number of nitrogens with zero attached hydrogens (tertiary/aromatic N) is 3. The number of hydrogen-bond acceptors (Lipinski definition) is 8. The van der Waals surface area contributed by atoms with E-state index in [1.165, 1.54) is 7.11 Å². The highest BCUT2D eigenvalue weighted by Crippen LogP contribution is 2.37. The molecule has 0 spiro atoms. The van der Waals surface area contributed by atoms with Crippen LogP contribution in [0.2, 0.25) is 0 Å². The van der Waals surface area contributed by atoms with Crippen LogP contribution in [0.5, 0.6) is 5.75 Å². The number of imidazole rings is 1. The number of carbonyl (C=O) groups is 1. The van der Waals surface area contributed by atoms with Gasteiger partial charge in [0.2, 0.25) is 5.91 Å². The van der Waals surface area contributed by atoms with E-state index in [4.69, 9.17) is 19.9 Å². The highest BCUT2D eigenvalue weighted by molar-refractivity contribution is 5.84. The Labute approximate surface area is 187 Å². The molecule has 1 fully saturated rings. The minimum Gasteiger partial charge on any atom is -0.491 e. The van der Waals surface area contributed by atoms with Gasteiger partial charge in [0.05, 0.1) is 18.2 Å². The number of amides is 1. The number of aromatic nitrogens is 2. The first kappa shape index (κ1) is 22.6. The van der Waals surface area contributed by atoms with E-state index in [0.717, 1.165) is 4.90 Å². The molecule has 0 unspecified atom stereocenters. The first-order valence-corrected chi connectivity index (χ1v) is 10.2. The number of hydrogen-bond donors (Lipinski definition) is 2. The molecule has 3 heterocycles. The Kier molecular flexibility index (Phi) is 6.21. The van der Waals surface area contributed by atoms with Crippen molar-refractivity contribution in [2.45, 2.75) is 38.1 Å². The van der Waals surface area contributed by atoms with E-state index in [-0.39, 0.29) is 24.9 Å². The molecule has 3 atom stereocenters. The quantitative estimate of drug-likeness (QED) is 0.591. The van der Waals surface area contributed by atoms with E-state index < -0.39 is 30.5 Å². The van der Waals surface area contributed by atoms with Crippen molar-refractivity contribution in [3.8, 4) is 17.1 Å². The van der Waals surface area contributed by atoms with E-state index in [0.29, 0.717) is 29.4 Å². The van der Waals surface area contributed by atoms with Crippen molar-refractivity contribution >= 4 is 23.4 Å². The van der Waals surface area contributed by atoms with Gasteiger partial charge >= 0.3 is 0 Å². The fourth-order valence-corrected chi connectivity index (χ4v) is 3.81. The van der Waals surface area contributed by atoms with Crippen molar-refractivity contribution in [1.29, 1.82) is 0 Å². The lowest BCUT2D eigenvalue weighted by Crippen LogP contribution is -2.44. The van der Waals surface area contributed by atoms with Crippen LogP contribution in [-0.2, 0) is 25.6 Å². The van der Waals surface area contributed by atoms with Gasteiger partial charge in [-0.3, -0.25) is 9.69 Å². The standard InChI is InChI=1S/C21H23F2N5O5/c1-11(31-2)18(20(24)30)25-12-3-4-13-15(7-12)32-6-5-27-8-16(26-21(13)27)28-14(19(22)23)10-33-17(28)9-29/h3-4,7-8,11,14,18-19,25H,5-6,10H2,1-2H3,(H2,24,30)/t11-,14-,18-/m0/s1. The SMILES string of the molecule is CO[C@@H](C)[C@H](Nc1ccc2c(c1)OCCn1cc(N3C(=C=O)OC[C@H]3C(F)F)nc1-2)C(N)=O. The number of methoxy groups -OCH3 is 1. The number of nitrogens with one attached hydrogen (secondary N) is 1. The second-order valence-corrected chi connectivity index (χ2v) is 7.63. The van der Waals surface area contributed by atoms with Crippen LogP contribution in [-0.4, -0.2) is 66.3 Å². The number of ether oxygens (including phenoxy) is 3. The van der Waals surface area contributed by atoms with Gasteiger partial charge in [-0.1, -0.05) is 0 Å². The topological polar surface area (TPSA) is 121 Å². The molecule has 4 rings (SSSR count). The van der Waals surface area contributed by atoms with Gasteiger partial charge in [0.1, 0.15) is 36.9 Å². The monoisotopic (exact) mass is 463 g/mol. The van der Waals surface area contributed by atoms with Crippen molar-refractivity contribution in [2.75, 3.05) is 30.5 Å². The fraction of sp³-hybridized carbons (Fsp3) is 0.429. The van der Waals surface area contributed by atoms with Crippen molar-refractivity contribution < 1.29 is 32.6 Å². The molecule has 0 radical (unpaired) electrons. The molecule has 3 N–H and O–H groups in total. The molecular formula is C21H23F2N5O5. The van der Waals surface area contributed by atoms with Crippen LogP contribution in [0.15, 0.2) is 30.3 Å². The Morgan fingerprint density at radius 1 is 1.39 bits per heavy atom.